The molecule has 0 spiro atoms. The number of halogens is 3. The van der Waals surface area contributed by atoms with E-state index in [1.807, 2.05) is 0 Å². The Hall–Kier alpha value is -3.14. The summed E-state index contributed by atoms with van der Waals surface area (Å²) in [6, 6.07) is 3.12. The van der Waals surface area contributed by atoms with E-state index >= 15 is 0 Å². The zero-order valence-corrected chi connectivity index (χ0v) is 16.6. The van der Waals surface area contributed by atoms with Gasteiger partial charge in [-0.2, -0.15) is 0 Å². The number of carboxylic acid groups (broad SMARTS) is 1. The molecule has 2 N–H and O–H groups in total. The summed E-state index contributed by atoms with van der Waals surface area (Å²) in [5.74, 6) is -2.49. The normalized spacial score (nSPS) is 10.8. The fourth-order valence-electron chi connectivity index (χ4n) is 2.60. The average molecular weight is 466 g/mol. The molecule has 0 saturated heterocycles. The van der Waals surface area contributed by atoms with Crippen LogP contribution in [0.1, 0.15) is 33.0 Å². The number of rotatable bonds is 6. The van der Waals surface area contributed by atoms with E-state index in [4.69, 9.17) is 9.84 Å². The van der Waals surface area contributed by atoms with E-state index in [0.29, 0.717) is 17.0 Å². The van der Waals surface area contributed by atoms with Crippen molar-refractivity contribution in [3.63, 3.8) is 0 Å². The van der Waals surface area contributed by atoms with Gasteiger partial charge in [0.2, 0.25) is 0 Å². The van der Waals surface area contributed by atoms with Gasteiger partial charge in [0.1, 0.15) is 28.5 Å². The van der Waals surface area contributed by atoms with Crippen molar-refractivity contribution in [1.29, 1.82) is 0 Å². The van der Waals surface area contributed by atoms with Gasteiger partial charge in [0.15, 0.2) is 5.69 Å². The van der Waals surface area contributed by atoms with Gasteiger partial charge in [-0.1, -0.05) is 0 Å². The topological polar surface area (TPSA) is 105 Å². The summed E-state index contributed by atoms with van der Waals surface area (Å²) in [5, 5.41) is 8.92. The molecule has 0 aliphatic heterocycles. The second-order valence-corrected chi connectivity index (χ2v) is 6.89. The lowest BCUT2D eigenvalue weighted by Crippen LogP contribution is -2.15. The molecule has 0 fully saturated rings. The van der Waals surface area contributed by atoms with Gasteiger partial charge in [0, 0.05) is 35.5 Å². The Kier molecular flexibility index (Phi) is 6.02. The number of ether oxygens (including phenoxy) is 1. The summed E-state index contributed by atoms with van der Waals surface area (Å²) < 4.78 is 32.8. The molecule has 1 aromatic carbocycles. The van der Waals surface area contributed by atoms with Crippen molar-refractivity contribution in [1.82, 2.24) is 15.0 Å². The summed E-state index contributed by atoms with van der Waals surface area (Å²) in [7, 11) is 0. The molecule has 0 aliphatic carbocycles. The van der Waals surface area contributed by atoms with E-state index in [2.05, 4.69) is 30.9 Å². The van der Waals surface area contributed by atoms with Crippen LogP contribution < -0.4 is 10.3 Å². The molecule has 0 unspecified atom stereocenters. The largest absolute Gasteiger partial charge is 0.487 e. The minimum absolute atomic E-state index is 0.107. The van der Waals surface area contributed by atoms with Gasteiger partial charge in [0.05, 0.1) is 11.9 Å². The highest BCUT2D eigenvalue weighted by atomic mass is 79.9. The molecule has 150 valence electrons. The molecule has 10 heteroatoms. The van der Waals surface area contributed by atoms with E-state index in [-0.39, 0.29) is 34.5 Å². The van der Waals surface area contributed by atoms with E-state index in [9.17, 15) is 18.4 Å². The van der Waals surface area contributed by atoms with Crippen LogP contribution in [0.4, 0.5) is 8.78 Å². The Morgan fingerprint density at radius 1 is 1.28 bits per heavy atom. The second kappa shape index (κ2) is 8.48. The fraction of sp³-hybridized carbons (Fsp3) is 0.158. The Labute approximate surface area is 171 Å². The van der Waals surface area contributed by atoms with Crippen LogP contribution in [0.15, 0.2) is 39.9 Å². The molecular weight excluding hydrogens is 452 g/mol. The van der Waals surface area contributed by atoms with Crippen LogP contribution in [0, 0.1) is 18.6 Å². The van der Waals surface area contributed by atoms with Gasteiger partial charge in [0.25, 0.3) is 5.56 Å². The van der Waals surface area contributed by atoms with Gasteiger partial charge in [-0.3, -0.25) is 9.78 Å². The number of hydrogen-bond donors (Lipinski definition) is 2. The molecule has 7 nitrogen and oxygen atoms in total. The van der Waals surface area contributed by atoms with Crippen molar-refractivity contribution in [3.8, 4) is 5.75 Å². The molecule has 3 aromatic rings. The number of carbonyl (C=O) groups is 1. The van der Waals surface area contributed by atoms with Crippen molar-refractivity contribution in [2.24, 2.45) is 0 Å². The Morgan fingerprint density at radius 3 is 2.66 bits per heavy atom. The molecule has 0 bridgehead atoms. The maximum atomic E-state index is 13.9. The standard InChI is InChI=1S/C19H14BrF2N3O4/c1-9-13(5-12-6-24-15(7-23-12)19(27)28)17(16(20)18(26)25-9)29-8-10-2-3-11(21)4-14(10)22/h2-4,6-7H,5,8H2,1H3,(H,25,26)(H,27,28). The van der Waals surface area contributed by atoms with Crippen molar-refractivity contribution in [2.75, 3.05) is 0 Å². The second-order valence-electron chi connectivity index (χ2n) is 6.10. The Bertz CT molecular complexity index is 1130. The molecule has 2 heterocycles. The third-order valence-corrected chi connectivity index (χ3v) is 4.82. The molecule has 3 rings (SSSR count). The highest BCUT2D eigenvalue weighted by Crippen LogP contribution is 2.30. The quantitative estimate of drug-likeness (QED) is 0.577. The molecule has 2 aromatic heterocycles. The summed E-state index contributed by atoms with van der Waals surface area (Å²) in [6.07, 6.45) is 2.61. The zero-order chi connectivity index (χ0) is 21.1. The third-order valence-electron chi connectivity index (χ3n) is 4.10. The van der Waals surface area contributed by atoms with Crippen LogP contribution >= 0.6 is 15.9 Å². The number of aryl methyl sites for hydroxylation is 1. The SMILES string of the molecule is Cc1[nH]c(=O)c(Br)c(OCc2ccc(F)cc2F)c1Cc1cnc(C(=O)O)cn1. The lowest BCUT2D eigenvalue weighted by Gasteiger charge is -2.15. The molecule has 29 heavy (non-hydrogen) atoms. The van der Waals surface area contributed by atoms with Crippen molar-refractivity contribution in [3.05, 3.63) is 85.3 Å². The zero-order valence-electron chi connectivity index (χ0n) is 15.0. The van der Waals surface area contributed by atoms with Crippen LogP contribution in [-0.4, -0.2) is 26.0 Å². The highest BCUT2D eigenvalue weighted by Gasteiger charge is 2.18. The molecule has 0 amide bonds. The van der Waals surface area contributed by atoms with E-state index < -0.39 is 23.2 Å². The minimum Gasteiger partial charge on any atom is -0.487 e. The summed E-state index contributed by atoms with van der Waals surface area (Å²) in [4.78, 5) is 33.6. The van der Waals surface area contributed by atoms with Crippen LogP contribution in [-0.2, 0) is 13.0 Å². The van der Waals surface area contributed by atoms with Gasteiger partial charge in [-0.15, -0.1) is 0 Å². The third kappa shape index (κ3) is 4.65. The first kappa shape index (κ1) is 20.6. The number of H-pyrrole nitrogens is 1. The van der Waals surface area contributed by atoms with Crippen molar-refractivity contribution < 1.29 is 23.4 Å². The summed E-state index contributed by atoms with van der Waals surface area (Å²) in [5.41, 5.74) is 0.973. The Morgan fingerprint density at radius 2 is 2.03 bits per heavy atom. The monoisotopic (exact) mass is 465 g/mol. The number of nitrogens with zero attached hydrogens (tertiary/aromatic N) is 2. The molecule has 0 atom stereocenters. The highest BCUT2D eigenvalue weighted by molar-refractivity contribution is 9.10. The average Bonchev–Trinajstić information content (AvgIpc) is 2.67. The smallest absolute Gasteiger partial charge is 0.356 e. The molecule has 0 aliphatic rings. The molecule has 0 saturated carbocycles. The van der Waals surface area contributed by atoms with Crippen LogP contribution in [0.2, 0.25) is 0 Å². The van der Waals surface area contributed by atoms with E-state index in [1.54, 1.807) is 6.92 Å². The maximum Gasteiger partial charge on any atom is 0.356 e. The molecular formula is C19H14BrF2N3O4. The van der Waals surface area contributed by atoms with Gasteiger partial charge in [-0.25, -0.2) is 18.6 Å². The first-order valence-electron chi connectivity index (χ1n) is 8.28. The lowest BCUT2D eigenvalue weighted by molar-refractivity contribution is 0.0690. The van der Waals surface area contributed by atoms with Crippen molar-refractivity contribution >= 4 is 21.9 Å². The fourth-order valence-corrected chi connectivity index (χ4v) is 3.05. The van der Waals surface area contributed by atoms with Crippen LogP contribution in [0.3, 0.4) is 0 Å². The van der Waals surface area contributed by atoms with Crippen LogP contribution in [0.5, 0.6) is 5.75 Å². The minimum atomic E-state index is -1.20. The number of carboxylic acids is 1. The van der Waals surface area contributed by atoms with Crippen molar-refractivity contribution in [2.45, 2.75) is 20.0 Å². The summed E-state index contributed by atoms with van der Waals surface area (Å²) in [6.45, 7) is 1.43. The number of pyridine rings is 1. The number of nitrogens with one attached hydrogen (secondary N) is 1. The molecule has 0 radical (unpaired) electrons. The predicted octanol–water partition coefficient (Wildman–Crippen LogP) is 3.38. The number of aromatic carboxylic acids is 1. The first-order chi connectivity index (χ1) is 13.8. The van der Waals surface area contributed by atoms with Gasteiger partial charge in [-0.05, 0) is 35.0 Å². The maximum absolute atomic E-state index is 13.9. The van der Waals surface area contributed by atoms with E-state index in [1.165, 1.54) is 12.3 Å². The predicted molar refractivity (Wildman–Crippen MR) is 102 cm³/mol. The number of benzene rings is 1. The van der Waals surface area contributed by atoms with Gasteiger partial charge >= 0.3 is 5.97 Å². The first-order valence-corrected chi connectivity index (χ1v) is 9.07. The van der Waals surface area contributed by atoms with Crippen LogP contribution in [0.25, 0.3) is 0 Å². The Balaban J connectivity index is 1.93. The number of aromatic nitrogens is 3. The number of hydrogen-bond acceptors (Lipinski definition) is 5. The lowest BCUT2D eigenvalue weighted by atomic mass is 10.1. The number of aromatic amines is 1. The summed E-state index contributed by atoms with van der Waals surface area (Å²) >= 11 is 3.18. The van der Waals surface area contributed by atoms with E-state index in [0.717, 1.165) is 18.3 Å². The van der Waals surface area contributed by atoms with Gasteiger partial charge < -0.3 is 14.8 Å².